The molecule has 1 amide bonds. The molecule has 0 spiro atoms. The smallest absolute Gasteiger partial charge is 0.323 e. The molecule has 2 aromatic rings. The van der Waals surface area contributed by atoms with Crippen molar-refractivity contribution < 1.29 is 19.1 Å². The Balaban J connectivity index is 2.06. The summed E-state index contributed by atoms with van der Waals surface area (Å²) in [7, 11) is 0. The number of hydrogen-bond donors (Lipinski definition) is 1. The molecule has 1 N–H and O–H groups in total. The van der Waals surface area contributed by atoms with Crippen LogP contribution in [0.1, 0.15) is 42.0 Å². The molecule has 1 aromatic carbocycles. The van der Waals surface area contributed by atoms with E-state index in [-0.39, 0.29) is 11.7 Å². The predicted octanol–water partition coefficient (Wildman–Crippen LogP) is 2.44. The number of carboxylic acids is 1. The number of aliphatic carboxylic acids is 1. The third kappa shape index (κ3) is 3.14. The molecule has 1 heterocycles. The largest absolute Gasteiger partial charge is 0.480 e. The molecule has 0 bridgehead atoms. The van der Waals surface area contributed by atoms with Crippen molar-refractivity contribution in [3.05, 3.63) is 47.0 Å². The minimum atomic E-state index is -1.08. The minimum Gasteiger partial charge on any atom is -0.480 e. The molecule has 25 heavy (non-hydrogen) atoms. The Bertz CT molecular complexity index is 829. The van der Waals surface area contributed by atoms with Crippen LogP contribution in [0.5, 0.6) is 0 Å². The van der Waals surface area contributed by atoms with Crippen LogP contribution in [0.15, 0.2) is 24.3 Å². The van der Waals surface area contributed by atoms with Crippen LogP contribution in [0.25, 0.3) is 5.69 Å². The van der Waals surface area contributed by atoms with Crippen molar-refractivity contribution >= 4 is 11.9 Å². The van der Waals surface area contributed by atoms with Crippen LogP contribution in [0.4, 0.5) is 4.39 Å². The Kier molecular flexibility index (Phi) is 4.57. The van der Waals surface area contributed by atoms with E-state index in [0.717, 1.165) is 17.7 Å². The molecule has 1 aliphatic rings. The maximum absolute atomic E-state index is 14.2. The van der Waals surface area contributed by atoms with Gasteiger partial charge in [-0.1, -0.05) is 12.1 Å². The fraction of sp³-hybridized carbons (Fsp3) is 0.389. The average Bonchev–Trinajstić information content (AvgIpc) is 3.14. The highest BCUT2D eigenvalue weighted by atomic mass is 19.1. The molecule has 0 fully saturated rings. The van der Waals surface area contributed by atoms with Gasteiger partial charge in [0.1, 0.15) is 18.0 Å². The highest BCUT2D eigenvalue weighted by molar-refractivity contribution is 5.96. The molecular formula is C18H20FN3O3. The van der Waals surface area contributed by atoms with E-state index in [1.165, 1.54) is 15.6 Å². The summed E-state index contributed by atoms with van der Waals surface area (Å²) in [6.07, 6.45) is 2.26. The summed E-state index contributed by atoms with van der Waals surface area (Å²) in [5.41, 5.74) is 2.15. The van der Waals surface area contributed by atoms with Crippen LogP contribution in [-0.4, -0.2) is 44.3 Å². The van der Waals surface area contributed by atoms with Gasteiger partial charge in [0.05, 0.1) is 0 Å². The van der Waals surface area contributed by atoms with Gasteiger partial charge in [0, 0.05) is 17.3 Å². The van der Waals surface area contributed by atoms with Gasteiger partial charge in [0.25, 0.3) is 5.91 Å². The second-order valence-electron chi connectivity index (χ2n) is 6.41. The number of nitrogens with zero attached hydrogens (tertiary/aromatic N) is 3. The quantitative estimate of drug-likeness (QED) is 0.903. The van der Waals surface area contributed by atoms with E-state index >= 15 is 0 Å². The summed E-state index contributed by atoms with van der Waals surface area (Å²) >= 11 is 0. The van der Waals surface area contributed by atoms with Crippen molar-refractivity contribution in [1.29, 1.82) is 0 Å². The maximum Gasteiger partial charge on any atom is 0.323 e. The van der Waals surface area contributed by atoms with Crippen molar-refractivity contribution in [3.8, 4) is 5.69 Å². The lowest BCUT2D eigenvalue weighted by Crippen LogP contribution is -2.41. The van der Waals surface area contributed by atoms with Crippen LogP contribution in [0.2, 0.25) is 0 Å². The fourth-order valence-electron chi connectivity index (χ4n) is 3.20. The first-order valence-corrected chi connectivity index (χ1v) is 8.28. The molecule has 0 unspecified atom stereocenters. The summed E-state index contributed by atoms with van der Waals surface area (Å²) in [6.45, 7) is 3.13. The molecule has 0 saturated heterocycles. The van der Waals surface area contributed by atoms with E-state index in [1.807, 2.05) is 0 Å². The van der Waals surface area contributed by atoms with Crippen LogP contribution in [-0.2, 0) is 17.6 Å². The summed E-state index contributed by atoms with van der Waals surface area (Å²) in [6, 6.07) is 6.01. The molecule has 3 rings (SSSR count). The van der Waals surface area contributed by atoms with E-state index in [9.17, 15) is 14.0 Å². The first kappa shape index (κ1) is 17.1. The van der Waals surface area contributed by atoms with Crippen molar-refractivity contribution in [2.24, 2.45) is 0 Å². The molecule has 1 aromatic heterocycles. The number of aromatic nitrogens is 2. The average molecular weight is 345 g/mol. The second kappa shape index (κ2) is 6.66. The van der Waals surface area contributed by atoms with Crippen LogP contribution in [0, 0.1) is 5.82 Å². The van der Waals surface area contributed by atoms with Crippen LogP contribution >= 0.6 is 0 Å². The van der Waals surface area contributed by atoms with E-state index in [2.05, 4.69) is 5.10 Å². The number of fused-ring (bicyclic) bond motifs is 1. The lowest BCUT2D eigenvalue weighted by molar-refractivity contribution is -0.138. The molecule has 7 heteroatoms. The number of carbonyl (C=O) groups excluding carboxylic acids is 1. The zero-order chi connectivity index (χ0) is 18.1. The van der Waals surface area contributed by atoms with E-state index in [0.29, 0.717) is 18.5 Å². The monoisotopic (exact) mass is 345 g/mol. The van der Waals surface area contributed by atoms with Crippen molar-refractivity contribution in [2.45, 2.75) is 39.2 Å². The SMILES string of the molecule is CC(C)N(CC(=O)O)C(=O)c1nn(-c2ccccc2F)c2c1CCC2. The number of benzene rings is 1. The first-order valence-electron chi connectivity index (χ1n) is 8.28. The second-order valence-corrected chi connectivity index (χ2v) is 6.41. The van der Waals surface area contributed by atoms with Crippen molar-refractivity contribution in [3.63, 3.8) is 0 Å². The first-order chi connectivity index (χ1) is 11.9. The maximum atomic E-state index is 14.2. The summed E-state index contributed by atoms with van der Waals surface area (Å²) in [5, 5.41) is 13.4. The Morgan fingerprint density at radius 1 is 1.32 bits per heavy atom. The van der Waals surface area contributed by atoms with Gasteiger partial charge in [-0.05, 0) is 45.2 Å². The Labute approximate surface area is 144 Å². The van der Waals surface area contributed by atoms with Gasteiger partial charge in [-0.25, -0.2) is 9.07 Å². The van der Waals surface area contributed by atoms with E-state index in [1.54, 1.807) is 32.0 Å². The number of halogens is 1. The van der Waals surface area contributed by atoms with Crippen molar-refractivity contribution in [1.82, 2.24) is 14.7 Å². The minimum absolute atomic E-state index is 0.228. The zero-order valence-electron chi connectivity index (χ0n) is 14.2. The normalized spacial score (nSPS) is 13.1. The van der Waals surface area contributed by atoms with Gasteiger partial charge in [-0.2, -0.15) is 5.10 Å². The Morgan fingerprint density at radius 3 is 2.68 bits per heavy atom. The standard InChI is InChI=1S/C18H20FN3O3/c1-11(2)21(10-16(23)24)18(25)17-12-6-5-9-14(12)22(20-17)15-8-4-3-7-13(15)19/h3-4,7-8,11H,5-6,9-10H2,1-2H3,(H,23,24). The number of amides is 1. The highest BCUT2D eigenvalue weighted by Gasteiger charge is 2.31. The topological polar surface area (TPSA) is 75.4 Å². The molecule has 6 nitrogen and oxygen atoms in total. The lowest BCUT2D eigenvalue weighted by atomic mass is 10.1. The van der Waals surface area contributed by atoms with Gasteiger partial charge < -0.3 is 10.0 Å². The summed E-state index contributed by atoms with van der Waals surface area (Å²) in [5.74, 6) is -1.91. The predicted molar refractivity (Wildman–Crippen MR) is 89.4 cm³/mol. The third-order valence-electron chi connectivity index (χ3n) is 4.40. The third-order valence-corrected chi connectivity index (χ3v) is 4.40. The van der Waals surface area contributed by atoms with Gasteiger partial charge in [-0.3, -0.25) is 9.59 Å². The van der Waals surface area contributed by atoms with E-state index < -0.39 is 24.2 Å². The Morgan fingerprint density at radius 2 is 2.04 bits per heavy atom. The number of carboxylic acid groups (broad SMARTS) is 1. The highest BCUT2D eigenvalue weighted by Crippen LogP contribution is 2.29. The molecule has 132 valence electrons. The van der Waals surface area contributed by atoms with Gasteiger partial charge in [0.2, 0.25) is 0 Å². The van der Waals surface area contributed by atoms with E-state index in [4.69, 9.17) is 5.11 Å². The van der Waals surface area contributed by atoms with Gasteiger partial charge in [0.15, 0.2) is 5.69 Å². The molecule has 1 aliphatic carbocycles. The summed E-state index contributed by atoms with van der Waals surface area (Å²) in [4.78, 5) is 25.3. The zero-order valence-corrected chi connectivity index (χ0v) is 14.2. The fourth-order valence-corrected chi connectivity index (χ4v) is 3.20. The lowest BCUT2D eigenvalue weighted by Gasteiger charge is -2.24. The molecule has 0 radical (unpaired) electrons. The number of hydrogen-bond acceptors (Lipinski definition) is 3. The summed E-state index contributed by atoms with van der Waals surface area (Å²) < 4.78 is 15.7. The van der Waals surface area contributed by atoms with Crippen molar-refractivity contribution in [2.75, 3.05) is 6.54 Å². The molecule has 0 saturated carbocycles. The van der Waals surface area contributed by atoms with Gasteiger partial charge >= 0.3 is 5.97 Å². The van der Waals surface area contributed by atoms with Crippen LogP contribution in [0.3, 0.4) is 0 Å². The molecular weight excluding hydrogens is 325 g/mol. The van der Waals surface area contributed by atoms with Gasteiger partial charge in [-0.15, -0.1) is 0 Å². The number of para-hydroxylation sites is 1. The van der Waals surface area contributed by atoms with Crippen LogP contribution < -0.4 is 0 Å². The molecule has 0 atom stereocenters. The number of carbonyl (C=O) groups is 2. The molecule has 0 aliphatic heterocycles. The Hall–Kier alpha value is -2.70. The number of rotatable bonds is 5.